The zero-order valence-corrected chi connectivity index (χ0v) is 8.30. The van der Waals surface area contributed by atoms with Crippen molar-refractivity contribution in [2.45, 2.75) is 40.0 Å². The number of rotatable bonds is 4. The highest BCUT2D eigenvalue weighted by molar-refractivity contribution is 5.65. The normalized spacial score (nSPS) is 8.33. The Labute approximate surface area is 74.7 Å². The first-order valence-electron chi connectivity index (χ1n) is 4.43. The highest BCUT2D eigenvalue weighted by Gasteiger charge is 1.81. The molecule has 0 aliphatic carbocycles. The molecule has 0 aliphatic rings. The predicted molar refractivity (Wildman–Crippen MR) is 48.9 cm³/mol. The Morgan fingerprint density at radius 3 is 2.00 bits per heavy atom. The topological polar surface area (TPSA) is 46.5 Å². The van der Waals surface area contributed by atoms with Gasteiger partial charge in [-0.05, 0) is 13.3 Å². The Bertz CT molecular complexity index is 87.8. The highest BCUT2D eigenvalue weighted by atomic mass is 16.5. The third kappa shape index (κ3) is 22.7. The van der Waals surface area contributed by atoms with E-state index in [0.29, 0.717) is 13.2 Å². The lowest BCUT2D eigenvalue weighted by Crippen LogP contribution is -1.95. The maximum Gasteiger partial charge on any atom is 0.302 e. The van der Waals surface area contributed by atoms with Crippen LogP contribution in [0.3, 0.4) is 0 Å². The molecule has 0 amide bonds. The molecule has 0 heterocycles. The van der Waals surface area contributed by atoms with E-state index in [1.165, 1.54) is 13.3 Å². The maximum atomic E-state index is 9.82. The molecular formula is C9H20O3. The molecule has 0 saturated carbocycles. The highest BCUT2D eigenvalue weighted by Crippen LogP contribution is 1.89. The Morgan fingerprint density at radius 2 is 1.92 bits per heavy atom. The van der Waals surface area contributed by atoms with Crippen molar-refractivity contribution in [3.8, 4) is 0 Å². The van der Waals surface area contributed by atoms with E-state index in [2.05, 4.69) is 11.7 Å². The summed E-state index contributed by atoms with van der Waals surface area (Å²) in [6.07, 6.45) is 3.33. The second kappa shape index (κ2) is 13.1. The Balaban J connectivity index is 0. The summed E-state index contributed by atoms with van der Waals surface area (Å²) in [5.41, 5.74) is 0. The quantitative estimate of drug-likeness (QED) is 0.524. The molecule has 0 aromatic carbocycles. The molecule has 0 atom stereocenters. The van der Waals surface area contributed by atoms with Crippen molar-refractivity contribution >= 4 is 5.97 Å². The molecule has 0 fully saturated rings. The van der Waals surface area contributed by atoms with Crippen molar-refractivity contribution in [3.05, 3.63) is 0 Å². The van der Waals surface area contributed by atoms with E-state index in [4.69, 9.17) is 5.11 Å². The van der Waals surface area contributed by atoms with Gasteiger partial charge in [0.25, 0.3) is 0 Å². The number of carbonyl (C=O) groups is 1. The fourth-order valence-electron chi connectivity index (χ4n) is 0.565. The SMILES string of the molecule is CCCCCO.CCOC(C)=O. The first kappa shape index (κ1) is 14.0. The van der Waals surface area contributed by atoms with Crippen LogP contribution in [-0.2, 0) is 9.53 Å². The lowest BCUT2D eigenvalue weighted by atomic mass is 10.3. The summed E-state index contributed by atoms with van der Waals surface area (Å²) >= 11 is 0. The Kier molecular flexibility index (Phi) is 15.2. The average Bonchev–Trinajstić information content (AvgIpc) is 2.02. The monoisotopic (exact) mass is 176 g/mol. The third-order valence-electron chi connectivity index (χ3n) is 1.11. The standard InChI is InChI=1S/C5H12O.C4H8O2/c1-2-3-4-5-6;1-3-6-4(2)5/h6H,2-5H2,1H3;3H2,1-2H3. The first-order valence-corrected chi connectivity index (χ1v) is 4.43. The summed E-state index contributed by atoms with van der Waals surface area (Å²) in [5, 5.41) is 8.20. The molecule has 0 unspecified atom stereocenters. The number of unbranched alkanes of at least 4 members (excludes halogenated alkanes) is 2. The molecule has 0 aromatic heterocycles. The van der Waals surface area contributed by atoms with Crippen LogP contribution in [0.25, 0.3) is 0 Å². The Hall–Kier alpha value is -0.570. The molecule has 74 valence electrons. The molecule has 12 heavy (non-hydrogen) atoms. The van der Waals surface area contributed by atoms with E-state index in [9.17, 15) is 4.79 Å². The van der Waals surface area contributed by atoms with Gasteiger partial charge in [0.1, 0.15) is 0 Å². The summed E-state index contributed by atoms with van der Waals surface area (Å²) in [6, 6.07) is 0. The van der Waals surface area contributed by atoms with Gasteiger partial charge in [-0.2, -0.15) is 0 Å². The van der Waals surface area contributed by atoms with E-state index in [1.54, 1.807) is 6.92 Å². The molecule has 0 aromatic rings. The molecule has 0 rings (SSSR count). The number of ether oxygens (including phenoxy) is 1. The lowest BCUT2D eigenvalue weighted by Gasteiger charge is -1.89. The molecule has 1 N–H and O–H groups in total. The predicted octanol–water partition coefficient (Wildman–Crippen LogP) is 1.74. The Morgan fingerprint density at radius 1 is 1.33 bits per heavy atom. The molecule has 0 aliphatic heterocycles. The van der Waals surface area contributed by atoms with Gasteiger partial charge in [0.2, 0.25) is 0 Å². The van der Waals surface area contributed by atoms with Crippen LogP contribution in [0.4, 0.5) is 0 Å². The first-order chi connectivity index (χ1) is 5.68. The van der Waals surface area contributed by atoms with Crippen LogP contribution in [0.15, 0.2) is 0 Å². The summed E-state index contributed by atoms with van der Waals surface area (Å²) in [7, 11) is 0. The number of aliphatic hydroxyl groups excluding tert-OH is 1. The number of hydrogen-bond donors (Lipinski definition) is 1. The average molecular weight is 176 g/mol. The fourth-order valence-corrected chi connectivity index (χ4v) is 0.565. The van der Waals surface area contributed by atoms with Crippen LogP contribution >= 0.6 is 0 Å². The number of hydrogen-bond acceptors (Lipinski definition) is 3. The van der Waals surface area contributed by atoms with Gasteiger partial charge in [0.15, 0.2) is 0 Å². The van der Waals surface area contributed by atoms with Gasteiger partial charge in [0, 0.05) is 13.5 Å². The second-order valence-electron chi connectivity index (χ2n) is 2.36. The minimum Gasteiger partial charge on any atom is -0.466 e. The van der Waals surface area contributed by atoms with Gasteiger partial charge in [-0.1, -0.05) is 19.8 Å². The van der Waals surface area contributed by atoms with Crippen molar-refractivity contribution in [1.29, 1.82) is 0 Å². The van der Waals surface area contributed by atoms with E-state index >= 15 is 0 Å². The summed E-state index contributed by atoms with van der Waals surface area (Å²) in [6.45, 7) is 6.13. The fraction of sp³-hybridized carbons (Fsp3) is 0.889. The smallest absolute Gasteiger partial charge is 0.302 e. The zero-order valence-electron chi connectivity index (χ0n) is 8.30. The minimum absolute atomic E-state index is 0.211. The molecule has 0 bridgehead atoms. The molecule has 3 nitrogen and oxygen atoms in total. The lowest BCUT2D eigenvalue weighted by molar-refractivity contribution is -0.140. The van der Waals surface area contributed by atoms with Crippen molar-refractivity contribution in [2.24, 2.45) is 0 Å². The largest absolute Gasteiger partial charge is 0.466 e. The molecule has 3 heteroatoms. The van der Waals surface area contributed by atoms with Crippen molar-refractivity contribution in [3.63, 3.8) is 0 Å². The molecule has 0 saturated heterocycles. The van der Waals surface area contributed by atoms with Gasteiger partial charge in [-0.3, -0.25) is 4.79 Å². The van der Waals surface area contributed by atoms with Gasteiger partial charge in [0.05, 0.1) is 6.61 Å². The van der Waals surface area contributed by atoms with Crippen LogP contribution in [0.2, 0.25) is 0 Å². The third-order valence-corrected chi connectivity index (χ3v) is 1.11. The molecule has 0 spiro atoms. The van der Waals surface area contributed by atoms with Crippen LogP contribution in [0.1, 0.15) is 40.0 Å². The summed E-state index contributed by atoms with van der Waals surface area (Å²) in [4.78, 5) is 9.82. The van der Waals surface area contributed by atoms with Gasteiger partial charge in [-0.15, -0.1) is 0 Å². The van der Waals surface area contributed by atoms with Gasteiger partial charge in [-0.25, -0.2) is 0 Å². The maximum absolute atomic E-state index is 9.82. The summed E-state index contributed by atoms with van der Waals surface area (Å²) < 4.78 is 4.40. The second-order valence-corrected chi connectivity index (χ2v) is 2.36. The van der Waals surface area contributed by atoms with Crippen LogP contribution in [0.5, 0.6) is 0 Å². The van der Waals surface area contributed by atoms with Gasteiger partial charge < -0.3 is 9.84 Å². The number of aliphatic hydroxyl groups is 1. The van der Waals surface area contributed by atoms with Crippen molar-refractivity contribution in [1.82, 2.24) is 0 Å². The number of carbonyl (C=O) groups excluding carboxylic acids is 1. The molecule has 0 radical (unpaired) electrons. The van der Waals surface area contributed by atoms with Crippen molar-refractivity contribution < 1.29 is 14.6 Å². The van der Waals surface area contributed by atoms with Crippen LogP contribution in [-0.4, -0.2) is 24.3 Å². The van der Waals surface area contributed by atoms with E-state index in [1.807, 2.05) is 0 Å². The summed E-state index contributed by atoms with van der Waals surface area (Å²) in [5.74, 6) is -0.211. The van der Waals surface area contributed by atoms with Crippen LogP contribution < -0.4 is 0 Å². The van der Waals surface area contributed by atoms with E-state index < -0.39 is 0 Å². The zero-order chi connectivity index (χ0) is 9.82. The van der Waals surface area contributed by atoms with Crippen molar-refractivity contribution in [2.75, 3.05) is 13.2 Å². The van der Waals surface area contributed by atoms with E-state index in [-0.39, 0.29) is 5.97 Å². The van der Waals surface area contributed by atoms with Crippen LogP contribution in [0, 0.1) is 0 Å². The number of esters is 1. The van der Waals surface area contributed by atoms with E-state index in [0.717, 1.165) is 12.8 Å². The molecular weight excluding hydrogens is 156 g/mol. The van der Waals surface area contributed by atoms with Gasteiger partial charge >= 0.3 is 5.97 Å². The minimum atomic E-state index is -0.211.